The minimum absolute atomic E-state index is 0.147. The van der Waals surface area contributed by atoms with Crippen LogP contribution in [0, 0.1) is 12.8 Å². The predicted molar refractivity (Wildman–Crippen MR) is 79.6 cm³/mol. The fourth-order valence-electron chi connectivity index (χ4n) is 2.89. The Morgan fingerprint density at radius 1 is 1.41 bits per heavy atom. The number of carboxylic acids is 1. The Kier molecular flexibility index (Phi) is 3.60. The average Bonchev–Trinajstić information content (AvgIpc) is 2.89. The fraction of sp³-hybridized carbons (Fsp3) is 0.438. The number of amides is 1. The number of hydrogen-bond donors (Lipinski definition) is 1. The summed E-state index contributed by atoms with van der Waals surface area (Å²) in [5.41, 5.74) is 1.98. The number of hydrogen-bond acceptors (Lipinski definition) is 4. The Hall–Kier alpha value is -2.37. The number of carbonyl (C=O) groups excluding carboxylic acids is 1. The number of aliphatic carboxylic acids is 1. The summed E-state index contributed by atoms with van der Waals surface area (Å²) in [7, 11) is 0. The molecule has 2 aromatic heterocycles. The highest BCUT2D eigenvalue weighted by molar-refractivity contribution is 5.97. The number of carbonyl (C=O) groups is 2. The third kappa shape index (κ3) is 2.56. The molecule has 116 valence electrons. The Bertz CT molecular complexity index is 737. The fourth-order valence-corrected chi connectivity index (χ4v) is 2.89. The van der Waals surface area contributed by atoms with Crippen molar-refractivity contribution in [2.75, 3.05) is 6.54 Å². The standard InChI is InChI=1S/C16H18N2O4/c1-9-5-6-18(12(7-9)16(20)21)15(19)14-8-11-13(22-14)4-3-10(2)17-11/h3-4,8-9,12H,5-7H2,1-2H3,(H,20,21). The summed E-state index contributed by atoms with van der Waals surface area (Å²) in [6, 6.07) is 4.37. The van der Waals surface area contributed by atoms with Crippen LogP contribution in [-0.4, -0.2) is 39.5 Å². The Morgan fingerprint density at radius 3 is 2.91 bits per heavy atom. The van der Waals surface area contributed by atoms with Crippen LogP contribution >= 0.6 is 0 Å². The van der Waals surface area contributed by atoms with Gasteiger partial charge in [0.1, 0.15) is 11.6 Å². The van der Waals surface area contributed by atoms with Crippen LogP contribution in [0.2, 0.25) is 0 Å². The average molecular weight is 302 g/mol. The van der Waals surface area contributed by atoms with Gasteiger partial charge < -0.3 is 14.4 Å². The van der Waals surface area contributed by atoms with Gasteiger partial charge in [-0.25, -0.2) is 9.78 Å². The second-order valence-electron chi connectivity index (χ2n) is 5.93. The van der Waals surface area contributed by atoms with Crippen molar-refractivity contribution >= 4 is 23.0 Å². The number of carboxylic acid groups (broad SMARTS) is 1. The predicted octanol–water partition coefficient (Wildman–Crippen LogP) is 2.46. The summed E-state index contributed by atoms with van der Waals surface area (Å²) in [6.07, 6.45) is 1.27. The molecule has 1 amide bonds. The highest BCUT2D eigenvalue weighted by Gasteiger charge is 2.36. The molecular formula is C16H18N2O4. The van der Waals surface area contributed by atoms with E-state index in [2.05, 4.69) is 4.98 Å². The first kappa shape index (κ1) is 14.6. The Morgan fingerprint density at radius 2 is 2.18 bits per heavy atom. The van der Waals surface area contributed by atoms with E-state index in [9.17, 15) is 14.7 Å². The molecule has 0 radical (unpaired) electrons. The van der Waals surface area contributed by atoms with Gasteiger partial charge in [0.15, 0.2) is 11.3 Å². The molecule has 1 fully saturated rings. The van der Waals surface area contributed by atoms with Crippen LogP contribution in [0.1, 0.15) is 36.0 Å². The van der Waals surface area contributed by atoms with Crippen LogP contribution in [0.3, 0.4) is 0 Å². The maximum absolute atomic E-state index is 12.6. The third-order valence-corrected chi connectivity index (χ3v) is 4.13. The lowest BCUT2D eigenvalue weighted by atomic mass is 9.92. The molecule has 3 heterocycles. The van der Waals surface area contributed by atoms with Gasteiger partial charge in [0.25, 0.3) is 5.91 Å². The van der Waals surface area contributed by atoms with Crippen molar-refractivity contribution in [2.24, 2.45) is 5.92 Å². The number of pyridine rings is 1. The largest absolute Gasteiger partial charge is 0.480 e. The van der Waals surface area contributed by atoms with Crippen molar-refractivity contribution in [1.29, 1.82) is 0 Å². The van der Waals surface area contributed by atoms with Gasteiger partial charge in [-0.05, 0) is 37.8 Å². The molecule has 22 heavy (non-hydrogen) atoms. The van der Waals surface area contributed by atoms with Crippen molar-refractivity contribution < 1.29 is 19.1 Å². The number of nitrogens with zero attached hydrogens (tertiary/aromatic N) is 2. The first-order valence-electron chi connectivity index (χ1n) is 7.36. The molecule has 2 aromatic rings. The highest BCUT2D eigenvalue weighted by atomic mass is 16.4. The van der Waals surface area contributed by atoms with Gasteiger partial charge in [-0.15, -0.1) is 0 Å². The van der Waals surface area contributed by atoms with E-state index in [1.54, 1.807) is 12.1 Å². The zero-order valence-electron chi connectivity index (χ0n) is 12.6. The first-order valence-corrected chi connectivity index (χ1v) is 7.36. The number of aromatic nitrogens is 1. The molecule has 0 aromatic carbocycles. The summed E-state index contributed by atoms with van der Waals surface area (Å²) < 4.78 is 5.55. The molecule has 1 aliphatic rings. The topological polar surface area (TPSA) is 83.6 Å². The van der Waals surface area contributed by atoms with Crippen molar-refractivity contribution in [1.82, 2.24) is 9.88 Å². The van der Waals surface area contributed by atoms with Crippen molar-refractivity contribution in [2.45, 2.75) is 32.7 Å². The smallest absolute Gasteiger partial charge is 0.326 e. The molecule has 6 nitrogen and oxygen atoms in total. The molecule has 2 atom stereocenters. The Balaban J connectivity index is 1.92. The molecule has 1 saturated heterocycles. The molecular weight excluding hydrogens is 284 g/mol. The highest BCUT2D eigenvalue weighted by Crippen LogP contribution is 2.26. The minimum atomic E-state index is -0.968. The number of aryl methyl sites for hydroxylation is 1. The van der Waals surface area contributed by atoms with Crippen LogP contribution < -0.4 is 0 Å². The van der Waals surface area contributed by atoms with E-state index in [1.807, 2.05) is 19.9 Å². The van der Waals surface area contributed by atoms with Gasteiger partial charge >= 0.3 is 5.97 Å². The molecule has 3 rings (SSSR count). The number of piperidine rings is 1. The van der Waals surface area contributed by atoms with Crippen LogP contribution in [0.25, 0.3) is 11.1 Å². The maximum Gasteiger partial charge on any atom is 0.326 e. The van der Waals surface area contributed by atoms with Crippen LogP contribution in [0.15, 0.2) is 22.6 Å². The van der Waals surface area contributed by atoms with Crippen LogP contribution in [-0.2, 0) is 4.79 Å². The number of fused-ring (bicyclic) bond motifs is 1. The van der Waals surface area contributed by atoms with Crippen molar-refractivity contribution in [3.63, 3.8) is 0 Å². The van der Waals surface area contributed by atoms with Crippen molar-refractivity contribution in [3.8, 4) is 0 Å². The second-order valence-corrected chi connectivity index (χ2v) is 5.93. The molecule has 1 aliphatic heterocycles. The third-order valence-electron chi connectivity index (χ3n) is 4.13. The second kappa shape index (κ2) is 5.44. The van der Waals surface area contributed by atoms with Crippen LogP contribution in [0.5, 0.6) is 0 Å². The van der Waals surface area contributed by atoms with E-state index in [4.69, 9.17) is 4.42 Å². The Labute approximate surface area is 127 Å². The van der Waals surface area contributed by atoms with Gasteiger partial charge in [-0.1, -0.05) is 6.92 Å². The zero-order valence-corrected chi connectivity index (χ0v) is 12.6. The molecule has 0 aliphatic carbocycles. The molecule has 0 bridgehead atoms. The van der Waals surface area contributed by atoms with E-state index in [0.717, 1.165) is 12.1 Å². The van der Waals surface area contributed by atoms with E-state index in [0.29, 0.717) is 30.0 Å². The molecule has 0 spiro atoms. The summed E-state index contributed by atoms with van der Waals surface area (Å²) >= 11 is 0. The molecule has 2 unspecified atom stereocenters. The molecule has 1 N–H and O–H groups in total. The molecule has 6 heteroatoms. The maximum atomic E-state index is 12.6. The number of rotatable bonds is 2. The molecule has 0 saturated carbocycles. The summed E-state index contributed by atoms with van der Waals surface area (Å²) in [5, 5.41) is 9.36. The minimum Gasteiger partial charge on any atom is -0.480 e. The van der Waals surface area contributed by atoms with Gasteiger partial charge in [-0.2, -0.15) is 0 Å². The normalized spacial score (nSPS) is 22.0. The van der Waals surface area contributed by atoms with E-state index >= 15 is 0 Å². The van der Waals surface area contributed by atoms with Crippen LogP contribution in [0.4, 0.5) is 0 Å². The van der Waals surface area contributed by atoms with Crippen molar-refractivity contribution in [3.05, 3.63) is 29.7 Å². The lowest BCUT2D eigenvalue weighted by molar-refractivity contribution is -0.144. The summed E-state index contributed by atoms with van der Waals surface area (Å²) in [5.74, 6) is -0.904. The van der Waals surface area contributed by atoms with Gasteiger partial charge in [-0.3, -0.25) is 4.79 Å². The number of likely N-dealkylation sites (tertiary alicyclic amines) is 1. The lowest BCUT2D eigenvalue weighted by Gasteiger charge is -2.35. The number of furan rings is 1. The lowest BCUT2D eigenvalue weighted by Crippen LogP contribution is -2.49. The van der Waals surface area contributed by atoms with E-state index in [-0.39, 0.29) is 11.7 Å². The summed E-state index contributed by atoms with van der Waals surface area (Å²) in [4.78, 5) is 29.7. The quantitative estimate of drug-likeness (QED) is 0.921. The zero-order chi connectivity index (χ0) is 15.9. The van der Waals surface area contributed by atoms with Gasteiger partial charge in [0.2, 0.25) is 0 Å². The first-order chi connectivity index (χ1) is 10.5. The van der Waals surface area contributed by atoms with E-state index in [1.165, 1.54) is 4.90 Å². The van der Waals surface area contributed by atoms with Gasteiger partial charge in [0.05, 0.1) is 0 Å². The van der Waals surface area contributed by atoms with E-state index < -0.39 is 12.0 Å². The SMILES string of the molecule is Cc1ccc2oc(C(=O)N3CCC(C)CC3C(=O)O)cc2n1. The monoisotopic (exact) mass is 302 g/mol. The van der Waals surface area contributed by atoms with Gasteiger partial charge in [0, 0.05) is 18.3 Å². The summed E-state index contributed by atoms with van der Waals surface area (Å²) in [6.45, 7) is 4.30.